The normalized spacial score (nSPS) is 12.0. The van der Waals surface area contributed by atoms with Crippen LogP contribution in [0.15, 0.2) is 24.3 Å². The first-order valence-corrected chi connectivity index (χ1v) is 6.06. The van der Waals surface area contributed by atoms with Gasteiger partial charge in [-0.05, 0) is 11.6 Å². The second-order valence-corrected chi connectivity index (χ2v) is 5.72. The lowest BCUT2D eigenvalue weighted by Crippen LogP contribution is -2.23. The Kier molecular flexibility index (Phi) is 3.53. The highest BCUT2D eigenvalue weighted by Crippen LogP contribution is 2.18. The summed E-state index contributed by atoms with van der Waals surface area (Å²) in [5.74, 6) is -0.0559. The number of halogens is 1. The molecule has 0 N–H and O–H groups in total. The third-order valence-electron chi connectivity index (χ3n) is 1.85. The average molecular weight is 234 g/mol. The number of rotatable bonds is 3. The van der Waals surface area contributed by atoms with Crippen molar-refractivity contribution in [1.29, 1.82) is 0 Å². The topological polar surface area (TPSA) is 37.4 Å². The molecule has 0 heterocycles. The lowest BCUT2D eigenvalue weighted by molar-refractivity contribution is 0.520. The maximum absolute atomic E-state index is 11.5. The molecule has 5 heteroatoms. The van der Waals surface area contributed by atoms with E-state index in [1.807, 2.05) is 0 Å². The van der Waals surface area contributed by atoms with Gasteiger partial charge in [0.25, 0.3) is 0 Å². The molecule has 0 amide bonds. The van der Waals surface area contributed by atoms with E-state index in [-0.39, 0.29) is 5.75 Å². The summed E-state index contributed by atoms with van der Waals surface area (Å²) >= 11 is 5.85. The highest BCUT2D eigenvalue weighted by Gasteiger charge is 2.15. The van der Waals surface area contributed by atoms with Gasteiger partial charge in [-0.3, -0.25) is 0 Å². The summed E-state index contributed by atoms with van der Waals surface area (Å²) in [6, 6.07) is 6.94. The maximum atomic E-state index is 11.5. The van der Waals surface area contributed by atoms with Gasteiger partial charge in [-0.15, -0.1) is 0 Å². The Morgan fingerprint density at radius 3 is 2.36 bits per heavy atom. The van der Waals surface area contributed by atoms with Gasteiger partial charge in [0.1, 0.15) is 0 Å². The van der Waals surface area contributed by atoms with Crippen molar-refractivity contribution in [3.63, 3.8) is 0 Å². The van der Waals surface area contributed by atoms with Crippen LogP contribution in [0.5, 0.6) is 0 Å². The molecule has 78 valence electrons. The second-order valence-electron chi connectivity index (χ2n) is 3.13. The molecule has 0 bridgehead atoms. The first-order chi connectivity index (χ1) is 6.43. The Hall–Kier alpha value is -0.580. The Balaban J connectivity index is 2.96. The minimum atomic E-state index is -3.22. The fourth-order valence-electron chi connectivity index (χ4n) is 0.941. The van der Waals surface area contributed by atoms with E-state index in [1.165, 1.54) is 18.4 Å². The van der Waals surface area contributed by atoms with Gasteiger partial charge in [0, 0.05) is 19.1 Å². The van der Waals surface area contributed by atoms with Crippen LogP contribution in [0, 0.1) is 0 Å². The minimum absolute atomic E-state index is 0.0559. The standard InChI is InChI=1S/C9H12ClNO2S/c1-11(2)14(12,13)7-8-5-3-4-6-9(8)10/h3-6H,7H2,1-2H3. The fraction of sp³-hybridized carbons (Fsp3) is 0.333. The van der Waals surface area contributed by atoms with Gasteiger partial charge < -0.3 is 0 Å². The number of hydrogen-bond acceptors (Lipinski definition) is 2. The van der Waals surface area contributed by atoms with Crippen molar-refractivity contribution in [2.24, 2.45) is 0 Å². The van der Waals surface area contributed by atoms with Crippen LogP contribution >= 0.6 is 11.6 Å². The van der Waals surface area contributed by atoms with Crippen LogP contribution in [0.2, 0.25) is 5.02 Å². The number of benzene rings is 1. The van der Waals surface area contributed by atoms with Crippen molar-refractivity contribution in [1.82, 2.24) is 4.31 Å². The Labute approximate surface area is 89.4 Å². The van der Waals surface area contributed by atoms with E-state index >= 15 is 0 Å². The van der Waals surface area contributed by atoms with Gasteiger partial charge in [0.15, 0.2) is 0 Å². The van der Waals surface area contributed by atoms with Crippen molar-refractivity contribution in [2.45, 2.75) is 5.75 Å². The summed E-state index contributed by atoms with van der Waals surface area (Å²) in [6.07, 6.45) is 0. The van der Waals surface area contributed by atoms with Crippen LogP contribution in [0.3, 0.4) is 0 Å². The van der Waals surface area contributed by atoms with Gasteiger partial charge >= 0.3 is 0 Å². The summed E-state index contributed by atoms with van der Waals surface area (Å²) in [5.41, 5.74) is 0.628. The molecule has 0 aliphatic rings. The molecule has 0 atom stereocenters. The fourth-order valence-corrected chi connectivity index (χ4v) is 2.13. The highest BCUT2D eigenvalue weighted by molar-refractivity contribution is 7.88. The van der Waals surface area contributed by atoms with Gasteiger partial charge in [0.05, 0.1) is 5.75 Å². The van der Waals surface area contributed by atoms with Crippen LogP contribution < -0.4 is 0 Å². The van der Waals surface area contributed by atoms with Crippen molar-refractivity contribution >= 4 is 21.6 Å². The third kappa shape index (κ3) is 2.70. The van der Waals surface area contributed by atoms with E-state index in [0.717, 1.165) is 0 Å². The SMILES string of the molecule is CN(C)S(=O)(=O)Cc1ccccc1Cl. The van der Waals surface area contributed by atoms with Crippen LogP contribution in [0.1, 0.15) is 5.56 Å². The van der Waals surface area contributed by atoms with Crippen molar-refractivity contribution in [3.8, 4) is 0 Å². The molecule has 0 saturated heterocycles. The Bertz CT molecular complexity index is 415. The minimum Gasteiger partial charge on any atom is -0.212 e. The van der Waals surface area contributed by atoms with Crippen molar-refractivity contribution in [2.75, 3.05) is 14.1 Å². The third-order valence-corrected chi connectivity index (χ3v) is 4.01. The smallest absolute Gasteiger partial charge is 0.212 e. The molecule has 1 aromatic carbocycles. The van der Waals surface area contributed by atoms with E-state index in [4.69, 9.17) is 11.6 Å². The molecule has 0 unspecified atom stereocenters. The summed E-state index contributed by atoms with van der Waals surface area (Å²) in [5, 5.41) is 0.484. The monoisotopic (exact) mass is 233 g/mol. The molecular weight excluding hydrogens is 222 g/mol. The summed E-state index contributed by atoms with van der Waals surface area (Å²) in [7, 11) is -0.213. The molecule has 3 nitrogen and oxygen atoms in total. The molecule has 0 radical (unpaired) electrons. The zero-order valence-electron chi connectivity index (χ0n) is 8.07. The zero-order valence-corrected chi connectivity index (χ0v) is 9.64. The van der Waals surface area contributed by atoms with E-state index in [1.54, 1.807) is 24.3 Å². The van der Waals surface area contributed by atoms with Gasteiger partial charge in [-0.2, -0.15) is 0 Å². The lowest BCUT2D eigenvalue weighted by Gasteiger charge is -2.11. The predicted molar refractivity (Wildman–Crippen MR) is 57.8 cm³/mol. The van der Waals surface area contributed by atoms with Gasteiger partial charge in [-0.25, -0.2) is 12.7 Å². The van der Waals surface area contributed by atoms with E-state index < -0.39 is 10.0 Å². The maximum Gasteiger partial charge on any atom is 0.217 e. The average Bonchev–Trinajstić information content (AvgIpc) is 2.08. The van der Waals surface area contributed by atoms with Crippen LogP contribution in [-0.4, -0.2) is 26.8 Å². The molecule has 1 aromatic rings. The summed E-state index contributed by atoms with van der Waals surface area (Å²) in [6.45, 7) is 0. The Morgan fingerprint density at radius 2 is 1.86 bits per heavy atom. The molecule has 14 heavy (non-hydrogen) atoms. The summed E-state index contributed by atoms with van der Waals surface area (Å²) < 4.78 is 24.2. The predicted octanol–water partition coefficient (Wildman–Crippen LogP) is 1.73. The number of sulfonamides is 1. The zero-order chi connectivity index (χ0) is 10.8. The molecule has 0 aliphatic heterocycles. The van der Waals surface area contributed by atoms with E-state index in [0.29, 0.717) is 10.6 Å². The van der Waals surface area contributed by atoms with Crippen LogP contribution in [0.25, 0.3) is 0 Å². The summed E-state index contributed by atoms with van der Waals surface area (Å²) in [4.78, 5) is 0. The number of nitrogens with zero attached hydrogens (tertiary/aromatic N) is 1. The van der Waals surface area contributed by atoms with Crippen LogP contribution in [-0.2, 0) is 15.8 Å². The van der Waals surface area contributed by atoms with Crippen molar-refractivity contribution in [3.05, 3.63) is 34.9 Å². The molecule has 0 fully saturated rings. The molecule has 1 rings (SSSR count). The second kappa shape index (κ2) is 4.29. The number of hydrogen-bond donors (Lipinski definition) is 0. The van der Waals surface area contributed by atoms with Crippen LogP contribution in [0.4, 0.5) is 0 Å². The largest absolute Gasteiger partial charge is 0.217 e. The quantitative estimate of drug-likeness (QED) is 0.798. The first kappa shape index (κ1) is 11.5. The van der Waals surface area contributed by atoms with Gasteiger partial charge in [-0.1, -0.05) is 29.8 Å². The highest BCUT2D eigenvalue weighted by atomic mass is 35.5. The molecule has 0 spiro atoms. The van der Waals surface area contributed by atoms with Gasteiger partial charge in [0.2, 0.25) is 10.0 Å². The molecule has 0 saturated carbocycles. The Morgan fingerprint density at radius 1 is 1.29 bits per heavy atom. The molecular formula is C9H12ClNO2S. The van der Waals surface area contributed by atoms with E-state index in [9.17, 15) is 8.42 Å². The van der Waals surface area contributed by atoms with E-state index in [2.05, 4.69) is 0 Å². The molecule has 0 aliphatic carbocycles. The lowest BCUT2D eigenvalue weighted by atomic mass is 10.2. The van der Waals surface area contributed by atoms with Crippen molar-refractivity contribution < 1.29 is 8.42 Å². The first-order valence-electron chi connectivity index (χ1n) is 4.07. The molecule has 0 aromatic heterocycles.